The minimum Gasteiger partial charge on any atom is -0.423 e. The lowest BCUT2D eigenvalue weighted by Gasteiger charge is -1.94. The average Bonchev–Trinajstić information content (AvgIpc) is 2.16. The molecule has 0 heterocycles. The van der Waals surface area contributed by atoms with Crippen LogP contribution in [-0.4, -0.2) is 5.97 Å². The Kier molecular flexibility index (Phi) is 2.58. The van der Waals surface area contributed by atoms with Crippen LogP contribution >= 0.6 is 0 Å². The quantitative estimate of drug-likeness (QED) is 0.581. The van der Waals surface area contributed by atoms with Crippen molar-refractivity contribution >= 4 is 5.97 Å². The van der Waals surface area contributed by atoms with Crippen molar-refractivity contribution in [2.45, 2.75) is 6.92 Å². The molecule has 0 fully saturated rings. The van der Waals surface area contributed by atoms with Gasteiger partial charge in [0.05, 0.1) is 0 Å². The van der Waals surface area contributed by atoms with E-state index in [2.05, 4.69) is 4.74 Å². The molecule has 62 valence electrons. The third kappa shape index (κ3) is 2.20. The van der Waals surface area contributed by atoms with E-state index in [-0.39, 0.29) is 11.2 Å². The predicted molar refractivity (Wildman–Crippen MR) is 44.0 cm³/mol. The summed E-state index contributed by atoms with van der Waals surface area (Å²) in [4.78, 5) is 21.6. The van der Waals surface area contributed by atoms with Gasteiger partial charge in [-0.25, -0.2) is 0 Å². The van der Waals surface area contributed by atoms with Gasteiger partial charge in [-0.3, -0.25) is 9.59 Å². The summed E-state index contributed by atoms with van der Waals surface area (Å²) < 4.78 is 4.65. The Labute approximate surface area is 69.6 Å². The second-order valence-corrected chi connectivity index (χ2v) is 2.23. The largest absolute Gasteiger partial charge is 0.423 e. The molecule has 12 heavy (non-hydrogen) atoms. The monoisotopic (exact) mass is 164 g/mol. The molecule has 0 aliphatic rings. The summed E-state index contributed by atoms with van der Waals surface area (Å²) in [6.45, 7) is 1.26. The third-order valence-electron chi connectivity index (χ3n) is 1.21. The summed E-state index contributed by atoms with van der Waals surface area (Å²) in [6, 6.07) is 7.73. The van der Waals surface area contributed by atoms with E-state index in [9.17, 15) is 9.59 Å². The number of hydrogen-bond donors (Lipinski definition) is 0. The summed E-state index contributed by atoms with van der Waals surface area (Å²) in [5, 5.41) is 0. The number of carbonyl (C=O) groups excluding carboxylic acids is 1. The maximum Gasteiger partial charge on any atom is 0.308 e. The maximum absolute atomic E-state index is 11.1. The van der Waals surface area contributed by atoms with Crippen molar-refractivity contribution in [3.63, 3.8) is 0 Å². The lowest BCUT2D eigenvalue weighted by Crippen LogP contribution is -2.08. The SMILES string of the molecule is CC(=O)Oc1cccccc1=O. The molecule has 0 N–H and O–H groups in total. The minimum absolute atomic E-state index is 0.0625. The Hall–Kier alpha value is -1.64. The number of esters is 1. The van der Waals surface area contributed by atoms with E-state index in [1.807, 2.05) is 0 Å². The molecule has 0 saturated heterocycles. The summed E-state index contributed by atoms with van der Waals surface area (Å²) in [6.07, 6.45) is 0. The fourth-order valence-corrected chi connectivity index (χ4v) is 0.753. The fraction of sp³-hybridized carbons (Fsp3) is 0.111. The van der Waals surface area contributed by atoms with Gasteiger partial charge < -0.3 is 4.74 Å². The zero-order valence-corrected chi connectivity index (χ0v) is 6.61. The van der Waals surface area contributed by atoms with Crippen LogP contribution in [-0.2, 0) is 4.79 Å². The highest BCUT2D eigenvalue weighted by molar-refractivity contribution is 5.69. The first kappa shape index (κ1) is 8.46. The van der Waals surface area contributed by atoms with Gasteiger partial charge >= 0.3 is 5.97 Å². The highest BCUT2D eigenvalue weighted by Crippen LogP contribution is 1.99. The molecular weight excluding hydrogens is 156 g/mol. The van der Waals surface area contributed by atoms with Crippen LogP contribution in [0.25, 0.3) is 0 Å². The molecule has 3 nitrogen and oxygen atoms in total. The lowest BCUT2D eigenvalue weighted by atomic mass is 10.4. The van der Waals surface area contributed by atoms with Crippen molar-refractivity contribution in [2.24, 2.45) is 0 Å². The molecule has 0 aliphatic heterocycles. The molecular formula is C9H8O3. The first-order valence-electron chi connectivity index (χ1n) is 3.48. The molecule has 0 atom stereocenters. The highest BCUT2D eigenvalue weighted by Gasteiger charge is 1.98. The molecule has 0 unspecified atom stereocenters. The Morgan fingerprint density at radius 1 is 1.25 bits per heavy atom. The van der Waals surface area contributed by atoms with E-state index >= 15 is 0 Å². The smallest absolute Gasteiger partial charge is 0.308 e. The molecule has 0 amide bonds. The first-order valence-corrected chi connectivity index (χ1v) is 3.48. The average molecular weight is 164 g/mol. The molecule has 3 heteroatoms. The predicted octanol–water partition coefficient (Wildman–Crippen LogP) is 0.972. The first-order chi connectivity index (χ1) is 5.70. The van der Waals surface area contributed by atoms with Crippen molar-refractivity contribution in [3.8, 4) is 5.75 Å². The Balaban J connectivity index is 3.09. The Morgan fingerprint density at radius 2 is 1.92 bits per heavy atom. The third-order valence-corrected chi connectivity index (χ3v) is 1.21. The topological polar surface area (TPSA) is 43.4 Å². The number of carbonyl (C=O) groups is 1. The summed E-state index contributed by atoms with van der Waals surface area (Å²) in [5.41, 5.74) is -0.296. The minimum atomic E-state index is -0.488. The molecule has 1 aromatic carbocycles. The Morgan fingerprint density at radius 3 is 2.58 bits per heavy atom. The zero-order chi connectivity index (χ0) is 8.97. The van der Waals surface area contributed by atoms with Crippen molar-refractivity contribution in [1.82, 2.24) is 0 Å². The van der Waals surface area contributed by atoms with Crippen LogP contribution in [0, 0.1) is 0 Å². The van der Waals surface area contributed by atoms with Gasteiger partial charge in [0.1, 0.15) is 0 Å². The van der Waals surface area contributed by atoms with Gasteiger partial charge in [0.25, 0.3) is 0 Å². The molecule has 1 rings (SSSR count). The zero-order valence-electron chi connectivity index (χ0n) is 6.61. The summed E-state index contributed by atoms with van der Waals surface area (Å²) in [7, 11) is 0. The van der Waals surface area contributed by atoms with Gasteiger partial charge in [0.2, 0.25) is 5.43 Å². The van der Waals surface area contributed by atoms with E-state index in [1.165, 1.54) is 19.1 Å². The van der Waals surface area contributed by atoms with E-state index < -0.39 is 5.97 Å². The Bertz CT molecular complexity index is 344. The molecule has 1 aromatic rings. The summed E-state index contributed by atoms with van der Waals surface area (Å²) in [5.74, 6) is -0.425. The van der Waals surface area contributed by atoms with Gasteiger partial charge in [0.15, 0.2) is 5.75 Å². The number of ether oxygens (including phenoxy) is 1. The standard InChI is InChI=1S/C9H8O3/c1-7(10)12-9-6-4-2-3-5-8(9)11/h2-6H,1H3. The van der Waals surface area contributed by atoms with Crippen molar-refractivity contribution in [1.29, 1.82) is 0 Å². The molecule has 0 saturated carbocycles. The van der Waals surface area contributed by atoms with Gasteiger partial charge in [-0.05, 0) is 12.1 Å². The molecule has 0 spiro atoms. The summed E-state index contributed by atoms with van der Waals surface area (Å²) >= 11 is 0. The van der Waals surface area contributed by atoms with Gasteiger partial charge in [-0.2, -0.15) is 0 Å². The van der Waals surface area contributed by atoms with E-state index in [0.717, 1.165) is 0 Å². The van der Waals surface area contributed by atoms with Crippen LogP contribution < -0.4 is 10.2 Å². The maximum atomic E-state index is 11.1. The molecule has 0 aliphatic carbocycles. The second kappa shape index (κ2) is 3.67. The molecule has 0 aromatic heterocycles. The lowest BCUT2D eigenvalue weighted by molar-refractivity contribution is -0.131. The van der Waals surface area contributed by atoms with Crippen LogP contribution in [0.4, 0.5) is 0 Å². The number of rotatable bonds is 1. The normalized spacial score (nSPS) is 9.08. The molecule has 0 radical (unpaired) electrons. The van der Waals surface area contributed by atoms with Gasteiger partial charge in [-0.1, -0.05) is 18.2 Å². The highest BCUT2D eigenvalue weighted by atomic mass is 16.5. The van der Waals surface area contributed by atoms with Crippen LogP contribution in [0.1, 0.15) is 6.92 Å². The number of hydrogen-bond acceptors (Lipinski definition) is 3. The van der Waals surface area contributed by atoms with Crippen LogP contribution in [0.15, 0.2) is 35.1 Å². The molecule has 0 bridgehead atoms. The van der Waals surface area contributed by atoms with E-state index in [1.54, 1.807) is 18.2 Å². The van der Waals surface area contributed by atoms with Crippen LogP contribution in [0.3, 0.4) is 0 Å². The van der Waals surface area contributed by atoms with Crippen molar-refractivity contribution < 1.29 is 9.53 Å². The van der Waals surface area contributed by atoms with E-state index in [0.29, 0.717) is 0 Å². The van der Waals surface area contributed by atoms with Crippen molar-refractivity contribution in [3.05, 3.63) is 40.6 Å². The van der Waals surface area contributed by atoms with Crippen LogP contribution in [0.5, 0.6) is 5.75 Å². The van der Waals surface area contributed by atoms with Gasteiger partial charge in [0, 0.05) is 6.92 Å². The van der Waals surface area contributed by atoms with E-state index in [4.69, 9.17) is 0 Å². The van der Waals surface area contributed by atoms with Gasteiger partial charge in [-0.15, -0.1) is 0 Å². The fourth-order valence-electron chi connectivity index (χ4n) is 0.753. The van der Waals surface area contributed by atoms with Crippen LogP contribution in [0.2, 0.25) is 0 Å². The van der Waals surface area contributed by atoms with Crippen molar-refractivity contribution in [2.75, 3.05) is 0 Å². The second-order valence-electron chi connectivity index (χ2n) is 2.23.